The molecule has 5 rings (SSSR count). The number of benzene rings is 2. The van der Waals surface area contributed by atoms with Gasteiger partial charge in [-0.05, 0) is 46.2 Å². The molecule has 0 fully saturated rings. The van der Waals surface area contributed by atoms with Crippen LogP contribution in [0.2, 0.25) is 0 Å². The molecule has 0 radical (unpaired) electrons. The Balaban J connectivity index is 1.66. The summed E-state index contributed by atoms with van der Waals surface area (Å²) in [6.07, 6.45) is 0. The van der Waals surface area contributed by atoms with Gasteiger partial charge in [-0.1, -0.05) is 30.3 Å². The quantitative estimate of drug-likeness (QED) is 0.769. The molecule has 3 aromatic rings. The first kappa shape index (κ1) is 16.3. The van der Waals surface area contributed by atoms with E-state index in [-0.39, 0.29) is 12.0 Å². The lowest BCUT2D eigenvalue weighted by molar-refractivity contribution is 0.171. The SMILES string of the molecule is Cc1cc2c(cc1C(c1ccccc1)C1NCCn3nnnc31)OCCO2. The van der Waals surface area contributed by atoms with Gasteiger partial charge in [0.2, 0.25) is 0 Å². The predicted molar refractivity (Wildman–Crippen MR) is 99.0 cm³/mol. The van der Waals surface area contributed by atoms with Gasteiger partial charge in [-0.2, -0.15) is 0 Å². The molecule has 0 saturated carbocycles. The number of tetrazole rings is 1. The maximum absolute atomic E-state index is 5.86. The van der Waals surface area contributed by atoms with Crippen molar-refractivity contribution < 1.29 is 9.47 Å². The zero-order valence-electron chi connectivity index (χ0n) is 15.1. The van der Waals surface area contributed by atoms with E-state index in [0.29, 0.717) is 13.2 Å². The molecule has 138 valence electrons. The zero-order chi connectivity index (χ0) is 18.2. The minimum Gasteiger partial charge on any atom is -0.486 e. The Hall–Kier alpha value is -2.93. The normalized spacial score (nSPS) is 19.4. The van der Waals surface area contributed by atoms with Gasteiger partial charge in [0, 0.05) is 12.5 Å². The molecule has 0 saturated heterocycles. The van der Waals surface area contributed by atoms with E-state index in [1.807, 2.05) is 10.7 Å². The van der Waals surface area contributed by atoms with Crippen molar-refractivity contribution in [2.45, 2.75) is 25.4 Å². The zero-order valence-corrected chi connectivity index (χ0v) is 15.1. The molecule has 1 aromatic heterocycles. The number of hydrogen-bond acceptors (Lipinski definition) is 6. The summed E-state index contributed by atoms with van der Waals surface area (Å²) in [5.74, 6) is 2.55. The summed E-state index contributed by atoms with van der Waals surface area (Å²) in [5, 5.41) is 16.0. The highest BCUT2D eigenvalue weighted by molar-refractivity contribution is 5.51. The highest BCUT2D eigenvalue weighted by Crippen LogP contribution is 2.42. The van der Waals surface area contributed by atoms with Crippen LogP contribution in [0.5, 0.6) is 11.5 Å². The molecular weight excluding hydrogens is 342 g/mol. The number of nitrogens with one attached hydrogen (secondary N) is 1. The van der Waals surface area contributed by atoms with Gasteiger partial charge >= 0.3 is 0 Å². The lowest BCUT2D eigenvalue weighted by atomic mass is 9.81. The van der Waals surface area contributed by atoms with Gasteiger partial charge in [0.05, 0.1) is 12.6 Å². The molecule has 0 amide bonds. The van der Waals surface area contributed by atoms with E-state index in [1.165, 1.54) is 16.7 Å². The summed E-state index contributed by atoms with van der Waals surface area (Å²) >= 11 is 0. The fraction of sp³-hybridized carbons (Fsp3) is 0.350. The second-order valence-corrected chi connectivity index (χ2v) is 6.93. The summed E-state index contributed by atoms with van der Waals surface area (Å²) in [6.45, 7) is 4.89. The first-order chi connectivity index (χ1) is 13.3. The summed E-state index contributed by atoms with van der Waals surface area (Å²) in [4.78, 5) is 0. The standard InChI is InChI=1S/C20H21N5O2/c1-13-11-16-17(27-10-9-26-16)12-15(13)18(14-5-3-2-4-6-14)19-20-22-23-24-25(20)8-7-21-19/h2-6,11-12,18-19,21H,7-10H2,1H3. The highest BCUT2D eigenvalue weighted by atomic mass is 16.6. The van der Waals surface area contributed by atoms with E-state index in [9.17, 15) is 0 Å². The Kier molecular flexibility index (Phi) is 4.01. The van der Waals surface area contributed by atoms with E-state index in [4.69, 9.17) is 9.47 Å². The summed E-state index contributed by atoms with van der Waals surface area (Å²) in [6, 6.07) is 14.7. The van der Waals surface area contributed by atoms with Crippen molar-refractivity contribution in [2.24, 2.45) is 0 Å². The Morgan fingerprint density at radius 1 is 1.11 bits per heavy atom. The maximum Gasteiger partial charge on any atom is 0.169 e. The molecule has 3 heterocycles. The number of hydrogen-bond donors (Lipinski definition) is 1. The number of nitrogens with zero attached hydrogens (tertiary/aromatic N) is 4. The molecule has 1 N–H and O–H groups in total. The van der Waals surface area contributed by atoms with E-state index >= 15 is 0 Å². The van der Waals surface area contributed by atoms with Crippen LogP contribution in [0.4, 0.5) is 0 Å². The molecule has 2 unspecified atom stereocenters. The van der Waals surface area contributed by atoms with Crippen molar-refractivity contribution in [1.29, 1.82) is 0 Å². The molecule has 0 bridgehead atoms. The second kappa shape index (κ2) is 6.66. The van der Waals surface area contributed by atoms with Crippen LogP contribution in [-0.2, 0) is 6.54 Å². The van der Waals surface area contributed by atoms with Crippen LogP contribution in [0, 0.1) is 6.92 Å². The summed E-state index contributed by atoms with van der Waals surface area (Å²) < 4.78 is 13.5. The van der Waals surface area contributed by atoms with Crippen LogP contribution in [0.3, 0.4) is 0 Å². The molecule has 2 aliphatic heterocycles. The van der Waals surface area contributed by atoms with Crippen LogP contribution in [0.1, 0.15) is 34.5 Å². The van der Waals surface area contributed by atoms with Crippen molar-refractivity contribution in [3.8, 4) is 11.5 Å². The topological polar surface area (TPSA) is 74.1 Å². The average Bonchev–Trinajstić information content (AvgIpc) is 3.19. The summed E-state index contributed by atoms with van der Waals surface area (Å²) in [5.41, 5.74) is 3.57. The number of rotatable bonds is 3. The van der Waals surface area contributed by atoms with Gasteiger partial charge in [0.25, 0.3) is 0 Å². The smallest absolute Gasteiger partial charge is 0.169 e. The number of fused-ring (bicyclic) bond motifs is 2. The van der Waals surface area contributed by atoms with Gasteiger partial charge in [0.1, 0.15) is 13.2 Å². The van der Waals surface area contributed by atoms with E-state index in [0.717, 1.165) is 30.4 Å². The van der Waals surface area contributed by atoms with Crippen LogP contribution in [0.25, 0.3) is 0 Å². The fourth-order valence-corrected chi connectivity index (χ4v) is 4.03. The van der Waals surface area contributed by atoms with Crippen molar-refractivity contribution in [3.05, 3.63) is 65.0 Å². The second-order valence-electron chi connectivity index (χ2n) is 6.93. The van der Waals surface area contributed by atoms with Crippen molar-refractivity contribution in [1.82, 2.24) is 25.5 Å². The van der Waals surface area contributed by atoms with Crippen LogP contribution in [-0.4, -0.2) is 40.0 Å². The minimum atomic E-state index is -0.0163. The molecule has 7 heteroatoms. The molecule has 27 heavy (non-hydrogen) atoms. The third-order valence-electron chi connectivity index (χ3n) is 5.28. The van der Waals surface area contributed by atoms with E-state index < -0.39 is 0 Å². The fourth-order valence-electron chi connectivity index (χ4n) is 4.03. The minimum absolute atomic E-state index is 0.0163. The lowest BCUT2D eigenvalue weighted by Crippen LogP contribution is -2.38. The average molecular weight is 363 g/mol. The Labute approximate surface area is 157 Å². The molecule has 2 atom stereocenters. The van der Waals surface area contributed by atoms with E-state index in [1.54, 1.807) is 0 Å². The van der Waals surface area contributed by atoms with Gasteiger partial charge in [-0.25, -0.2) is 4.68 Å². The van der Waals surface area contributed by atoms with Crippen LogP contribution in [0.15, 0.2) is 42.5 Å². The van der Waals surface area contributed by atoms with Gasteiger partial charge in [-0.15, -0.1) is 5.10 Å². The van der Waals surface area contributed by atoms with Crippen molar-refractivity contribution in [3.63, 3.8) is 0 Å². The monoisotopic (exact) mass is 363 g/mol. The van der Waals surface area contributed by atoms with Crippen LogP contribution >= 0.6 is 0 Å². The van der Waals surface area contributed by atoms with Crippen molar-refractivity contribution in [2.75, 3.05) is 19.8 Å². The first-order valence-electron chi connectivity index (χ1n) is 9.26. The summed E-state index contributed by atoms with van der Waals surface area (Å²) in [7, 11) is 0. The number of ether oxygens (including phenoxy) is 2. The third-order valence-corrected chi connectivity index (χ3v) is 5.28. The molecule has 2 aromatic carbocycles. The highest BCUT2D eigenvalue weighted by Gasteiger charge is 2.34. The predicted octanol–water partition coefficient (Wildman–Crippen LogP) is 2.23. The van der Waals surface area contributed by atoms with Crippen molar-refractivity contribution >= 4 is 0 Å². The Morgan fingerprint density at radius 3 is 2.70 bits per heavy atom. The first-order valence-corrected chi connectivity index (χ1v) is 9.26. The van der Waals surface area contributed by atoms with Gasteiger partial charge in [0.15, 0.2) is 17.3 Å². The van der Waals surface area contributed by atoms with E-state index in [2.05, 4.69) is 64.2 Å². The third kappa shape index (κ3) is 2.84. The van der Waals surface area contributed by atoms with Crippen LogP contribution < -0.4 is 14.8 Å². The molecule has 0 aliphatic carbocycles. The Morgan fingerprint density at radius 2 is 1.89 bits per heavy atom. The van der Waals surface area contributed by atoms with Gasteiger partial charge in [-0.3, -0.25) is 0 Å². The molecule has 2 aliphatic rings. The Bertz CT molecular complexity index is 956. The molecule has 0 spiro atoms. The maximum atomic E-state index is 5.86. The lowest BCUT2D eigenvalue weighted by Gasteiger charge is -2.32. The van der Waals surface area contributed by atoms with Gasteiger partial charge < -0.3 is 14.8 Å². The number of aromatic nitrogens is 4. The largest absolute Gasteiger partial charge is 0.486 e. The molecular formula is C20H21N5O2. The molecule has 7 nitrogen and oxygen atoms in total. The number of aryl methyl sites for hydroxylation is 1.